The second-order valence-electron chi connectivity index (χ2n) is 5.95. The smallest absolute Gasteiger partial charge is 0.257 e. The van der Waals surface area contributed by atoms with E-state index in [2.05, 4.69) is 33.1 Å². The Balaban J connectivity index is 1.63. The monoisotopic (exact) mass is 347 g/mol. The van der Waals surface area contributed by atoms with Gasteiger partial charge in [0, 0.05) is 29.7 Å². The number of fused-ring (bicyclic) bond motifs is 1. The van der Waals surface area contributed by atoms with Crippen molar-refractivity contribution in [2.45, 2.75) is 6.92 Å². The van der Waals surface area contributed by atoms with Crippen molar-refractivity contribution in [2.75, 3.05) is 5.32 Å². The molecule has 5 heteroatoms. The Labute approximate surface area is 149 Å². The van der Waals surface area contributed by atoms with Crippen molar-refractivity contribution in [1.82, 2.24) is 9.55 Å². The molecule has 0 radical (unpaired) electrons. The van der Waals surface area contributed by atoms with Gasteiger partial charge in [-0.05, 0) is 30.7 Å². The number of thiazole rings is 1. The molecule has 0 atom stereocenters. The summed E-state index contributed by atoms with van der Waals surface area (Å²) >= 11 is 1.48. The highest BCUT2D eigenvalue weighted by atomic mass is 32.1. The van der Waals surface area contributed by atoms with Gasteiger partial charge in [-0.2, -0.15) is 0 Å². The second-order valence-corrected chi connectivity index (χ2v) is 6.98. The number of benzene rings is 2. The van der Waals surface area contributed by atoms with Gasteiger partial charge >= 0.3 is 0 Å². The van der Waals surface area contributed by atoms with Gasteiger partial charge < -0.3 is 4.57 Å². The molecule has 2 aromatic carbocycles. The van der Waals surface area contributed by atoms with Crippen molar-refractivity contribution in [1.29, 1.82) is 0 Å². The lowest BCUT2D eigenvalue weighted by molar-refractivity contribution is 0.102. The summed E-state index contributed by atoms with van der Waals surface area (Å²) in [6.45, 7) is 1.93. The molecule has 0 saturated carbocycles. The second kappa shape index (κ2) is 6.18. The highest BCUT2D eigenvalue weighted by Crippen LogP contribution is 2.33. The summed E-state index contributed by atoms with van der Waals surface area (Å²) in [7, 11) is 2.04. The standard InChI is InChI=1S/C20H17N3OS/c1-13-7-3-5-9-15(13)19(24)22-20-21-12-18(25-20)17-11-14-8-4-6-10-16(14)23(17)2/h3-12H,1-2H3,(H,21,22,24). The van der Waals surface area contributed by atoms with Crippen LogP contribution in [0.5, 0.6) is 0 Å². The summed E-state index contributed by atoms with van der Waals surface area (Å²) in [5.74, 6) is -0.129. The molecule has 2 heterocycles. The molecule has 0 aliphatic rings. The first-order valence-electron chi connectivity index (χ1n) is 8.01. The minimum Gasteiger partial charge on any atom is -0.343 e. The van der Waals surface area contributed by atoms with Gasteiger partial charge in [0.05, 0.1) is 10.6 Å². The van der Waals surface area contributed by atoms with Crippen LogP contribution in [0, 0.1) is 6.92 Å². The van der Waals surface area contributed by atoms with Crippen LogP contribution in [0.1, 0.15) is 15.9 Å². The molecule has 0 spiro atoms. The van der Waals surface area contributed by atoms with Gasteiger partial charge in [-0.15, -0.1) is 0 Å². The van der Waals surface area contributed by atoms with Crippen molar-refractivity contribution >= 4 is 33.3 Å². The van der Waals surface area contributed by atoms with Crippen molar-refractivity contribution in [2.24, 2.45) is 7.05 Å². The number of rotatable bonds is 3. The van der Waals surface area contributed by atoms with E-state index in [0.29, 0.717) is 10.7 Å². The molecule has 1 amide bonds. The van der Waals surface area contributed by atoms with E-state index in [9.17, 15) is 4.79 Å². The summed E-state index contributed by atoms with van der Waals surface area (Å²) in [4.78, 5) is 17.8. The first kappa shape index (κ1) is 15.6. The summed E-state index contributed by atoms with van der Waals surface area (Å²) in [5.41, 5.74) is 3.89. The van der Waals surface area contributed by atoms with Gasteiger partial charge in [0.25, 0.3) is 5.91 Å². The van der Waals surface area contributed by atoms with Gasteiger partial charge in [0.15, 0.2) is 5.13 Å². The topological polar surface area (TPSA) is 46.9 Å². The van der Waals surface area contributed by atoms with Crippen LogP contribution in [0.25, 0.3) is 21.5 Å². The minimum atomic E-state index is -0.129. The number of para-hydroxylation sites is 1. The Hall–Kier alpha value is -2.92. The number of anilines is 1. The van der Waals surface area contributed by atoms with Gasteiger partial charge in [-0.25, -0.2) is 4.98 Å². The maximum Gasteiger partial charge on any atom is 0.257 e. The maximum atomic E-state index is 12.4. The van der Waals surface area contributed by atoms with Gasteiger partial charge in [-0.3, -0.25) is 10.1 Å². The predicted molar refractivity (Wildman–Crippen MR) is 103 cm³/mol. The number of nitrogens with zero attached hydrogens (tertiary/aromatic N) is 2. The number of aryl methyl sites for hydroxylation is 2. The largest absolute Gasteiger partial charge is 0.343 e. The maximum absolute atomic E-state index is 12.4. The molecule has 0 aliphatic carbocycles. The van der Waals surface area contributed by atoms with E-state index in [1.807, 2.05) is 56.6 Å². The molecule has 0 fully saturated rings. The Morgan fingerprint density at radius 1 is 1.12 bits per heavy atom. The van der Waals surface area contributed by atoms with E-state index in [-0.39, 0.29) is 5.91 Å². The number of amides is 1. The van der Waals surface area contributed by atoms with Crippen LogP contribution in [-0.2, 0) is 7.05 Å². The lowest BCUT2D eigenvalue weighted by Gasteiger charge is -2.04. The molecule has 4 aromatic rings. The number of aromatic nitrogens is 2. The van der Waals surface area contributed by atoms with Crippen LogP contribution in [0.15, 0.2) is 60.8 Å². The molecule has 25 heavy (non-hydrogen) atoms. The molecule has 0 unspecified atom stereocenters. The quantitative estimate of drug-likeness (QED) is 0.575. The SMILES string of the molecule is Cc1ccccc1C(=O)Nc1ncc(-c2cc3ccccc3n2C)s1. The van der Waals surface area contributed by atoms with E-state index < -0.39 is 0 Å². The Morgan fingerprint density at radius 3 is 2.68 bits per heavy atom. The number of hydrogen-bond acceptors (Lipinski definition) is 3. The number of carbonyl (C=O) groups is 1. The Morgan fingerprint density at radius 2 is 1.88 bits per heavy atom. The van der Waals surface area contributed by atoms with E-state index in [0.717, 1.165) is 16.1 Å². The van der Waals surface area contributed by atoms with Crippen molar-refractivity contribution in [3.63, 3.8) is 0 Å². The van der Waals surface area contributed by atoms with Crippen LogP contribution in [0.3, 0.4) is 0 Å². The van der Waals surface area contributed by atoms with Crippen molar-refractivity contribution in [3.05, 3.63) is 71.9 Å². The molecule has 2 aromatic heterocycles. The van der Waals surface area contributed by atoms with Crippen LogP contribution < -0.4 is 5.32 Å². The van der Waals surface area contributed by atoms with E-state index in [1.165, 1.54) is 22.2 Å². The molecule has 0 bridgehead atoms. The molecule has 0 saturated heterocycles. The first-order chi connectivity index (χ1) is 12.1. The summed E-state index contributed by atoms with van der Waals surface area (Å²) in [6.07, 6.45) is 1.81. The van der Waals surface area contributed by atoms with Gasteiger partial charge in [0.2, 0.25) is 0 Å². The summed E-state index contributed by atoms with van der Waals surface area (Å²) in [5, 5.41) is 4.70. The van der Waals surface area contributed by atoms with Gasteiger partial charge in [0.1, 0.15) is 0 Å². The third-order valence-electron chi connectivity index (χ3n) is 4.32. The zero-order valence-electron chi connectivity index (χ0n) is 14.0. The normalized spacial score (nSPS) is 11.0. The van der Waals surface area contributed by atoms with Crippen LogP contribution >= 0.6 is 11.3 Å². The average Bonchev–Trinajstić information content (AvgIpc) is 3.20. The van der Waals surface area contributed by atoms with Gasteiger partial charge in [-0.1, -0.05) is 47.7 Å². The summed E-state index contributed by atoms with van der Waals surface area (Å²) in [6, 6.07) is 18.0. The van der Waals surface area contributed by atoms with E-state index in [1.54, 1.807) is 0 Å². The molecule has 124 valence electrons. The average molecular weight is 347 g/mol. The van der Waals surface area contributed by atoms with Crippen LogP contribution in [0.4, 0.5) is 5.13 Å². The number of carbonyl (C=O) groups excluding carboxylic acids is 1. The molecule has 4 rings (SSSR count). The van der Waals surface area contributed by atoms with Crippen molar-refractivity contribution < 1.29 is 4.79 Å². The lowest BCUT2D eigenvalue weighted by atomic mass is 10.1. The number of hydrogen-bond donors (Lipinski definition) is 1. The van der Waals surface area contributed by atoms with E-state index >= 15 is 0 Å². The molecule has 0 aliphatic heterocycles. The Kier molecular flexibility index (Phi) is 3.86. The molecular formula is C20H17N3OS. The molecule has 1 N–H and O–H groups in total. The van der Waals surface area contributed by atoms with E-state index in [4.69, 9.17) is 0 Å². The fourth-order valence-corrected chi connectivity index (χ4v) is 3.83. The third-order valence-corrected chi connectivity index (χ3v) is 5.26. The Bertz CT molecular complexity index is 1080. The summed E-state index contributed by atoms with van der Waals surface area (Å²) < 4.78 is 2.15. The van der Waals surface area contributed by atoms with Crippen LogP contribution in [-0.4, -0.2) is 15.5 Å². The zero-order chi connectivity index (χ0) is 17.4. The number of nitrogens with one attached hydrogen (secondary N) is 1. The first-order valence-corrected chi connectivity index (χ1v) is 8.83. The van der Waals surface area contributed by atoms with Crippen molar-refractivity contribution in [3.8, 4) is 10.6 Å². The fraction of sp³-hybridized carbons (Fsp3) is 0.100. The zero-order valence-corrected chi connectivity index (χ0v) is 14.8. The molecular weight excluding hydrogens is 330 g/mol. The third kappa shape index (κ3) is 2.83. The van der Waals surface area contributed by atoms with Crippen LogP contribution in [0.2, 0.25) is 0 Å². The fourth-order valence-electron chi connectivity index (χ4n) is 2.97. The highest BCUT2D eigenvalue weighted by molar-refractivity contribution is 7.19. The minimum absolute atomic E-state index is 0.129. The highest BCUT2D eigenvalue weighted by Gasteiger charge is 2.14. The molecule has 4 nitrogen and oxygen atoms in total. The lowest BCUT2D eigenvalue weighted by Crippen LogP contribution is -2.12. The predicted octanol–water partition coefficient (Wildman–Crippen LogP) is 4.86.